The maximum atomic E-state index is 11.7. The lowest BCUT2D eigenvalue weighted by Gasteiger charge is -2.24. The van der Waals surface area contributed by atoms with E-state index < -0.39 is 36.9 Å². The van der Waals surface area contributed by atoms with E-state index in [2.05, 4.69) is 12.2 Å². The Hall–Kier alpha value is -0.730. The van der Waals surface area contributed by atoms with Crippen LogP contribution in [-0.2, 0) is 4.79 Å². The summed E-state index contributed by atoms with van der Waals surface area (Å²) in [4.78, 5) is 11.7. The summed E-state index contributed by atoms with van der Waals surface area (Å²) in [5, 5.41) is 49.1. The van der Waals surface area contributed by atoms with Crippen LogP contribution in [0.5, 0.6) is 0 Å². The van der Waals surface area contributed by atoms with Crippen LogP contribution in [0.4, 0.5) is 0 Å². The van der Waals surface area contributed by atoms with Gasteiger partial charge in [-0.2, -0.15) is 0 Å². The molecule has 0 bridgehead atoms. The van der Waals surface area contributed by atoms with E-state index in [0.717, 1.165) is 19.3 Å². The number of rotatable bonds is 16. The van der Waals surface area contributed by atoms with Crippen LogP contribution < -0.4 is 5.32 Å². The van der Waals surface area contributed by atoms with Crippen molar-refractivity contribution >= 4 is 5.91 Å². The summed E-state index contributed by atoms with van der Waals surface area (Å²) in [5.41, 5.74) is 0. The Morgan fingerprint density at radius 2 is 1.28 bits per heavy atom. The quantitative estimate of drug-likeness (QED) is 0.221. The van der Waals surface area contributed by atoms with E-state index in [-0.39, 0.29) is 0 Å². The second-order valence-corrected chi connectivity index (χ2v) is 6.65. The second kappa shape index (κ2) is 15.5. The maximum absolute atomic E-state index is 11.7. The molecular formula is C18H37NO6. The van der Waals surface area contributed by atoms with Gasteiger partial charge < -0.3 is 30.8 Å². The molecule has 0 aromatic carbocycles. The molecule has 0 saturated heterocycles. The molecule has 0 aliphatic rings. The van der Waals surface area contributed by atoms with Crippen molar-refractivity contribution in [3.63, 3.8) is 0 Å². The van der Waals surface area contributed by atoms with Crippen LogP contribution in [0.15, 0.2) is 0 Å². The normalized spacial score (nSPS) is 16.2. The molecule has 0 heterocycles. The summed E-state index contributed by atoms with van der Waals surface area (Å²) in [5.74, 6) is -0.799. The first kappa shape index (κ1) is 24.3. The number of aliphatic hydroxyl groups excluding tert-OH is 5. The van der Waals surface area contributed by atoms with Crippen LogP contribution in [-0.4, -0.2) is 69.0 Å². The van der Waals surface area contributed by atoms with Gasteiger partial charge in [0.15, 0.2) is 6.10 Å². The van der Waals surface area contributed by atoms with Crippen LogP contribution in [0.3, 0.4) is 0 Å². The lowest BCUT2D eigenvalue weighted by atomic mass is 10.0. The molecule has 0 fully saturated rings. The zero-order valence-corrected chi connectivity index (χ0v) is 15.4. The Kier molecular flexibility index (Phi) is 15.1. The zero-order valence-electron chi connectivity index (χ0n) is 15.4. The van der Waals surface area contributed by atoms with Crippen molar-refractivity contribution in [2.75, 3.05) is 13.2 Å². The lowest BCUT2D eigenvalue weighted by molar-refractivity contribution is -0.148. The van der Waals surface area contributed by atoms with Crippen molar-refractivity contribution in [1.82, 2.24) is 5.32 Å². The van der Waals surface area contributed by atoms with Gasteiger partial charge in [-0.1, -0.05) is 64.7 Å². The van der Waals surface area contributed by atoms with E-state index in [0.29, 0.717) is 6.54 Å². The molecule has 0 rings (SSSR count). The van der Waals surface area contributed by atoms with E-state index in [4.69, 9.17) is 5.11 Å². The third kappa shape index (κ3) is 11.5. The highest BCUT2D eigenvalue weighted by Crippen LogP contribution is 2.10. The molecule has 7 nitrogen and oxygen atoms in total. The third-order valence-corrected chi connectivity index (χ3v) is 4.35. The summed E-state index contributed by atoms with van der Waals surface area (Å²) in [6.45, 7) is 1.82. The van der Waals surface area contributed by atoms with Crippen LogP contribution in [0, 0.1) is 0 Å². The third-order valence-electron chi connectivity index (χ3n) is 4.35. The molecule has 0 aromatic rings. The van der Waals surface area contributed by atoms with Crippen molar-refractivity contribution in [3.8, 4) is 0 Å². The van der Waals surface area contributed by atoms with Gasteiger partial charge in [-0.25, -0.2) is 0 Å². The number of hydrogen-bond donors (Lipinski definition) is 6. The molecular weight excluding hydrogens is 326 g/mol. The molecule has 0 radical (unpaired) electrons. The topological polar surface area (TPSA) is 130 Å². The average molecular weight is 363 g/mol. The van der Waals surface area contributed by atoms with Gasteiger partial charge in [0.2, 0.25) is 0 Å². The summed E-state index contributed by atoms with van der Waals surface area (Å²) >= 11 is 0. The number of nitrogens with one attached hydrogen (secondary N) is 1. The molecule has 150 valence electrons. The van der Waals surface area contributed by atoms with Crippen molar-refractivity contribution in [1.29, 1.82) is 0 Å². The number of hydrogen-bond acceptors (Lipinski definition) is 6. The molecule has 0 aromatic heterocycles. The summed E-state index contributed by atoms with van der Waals surface area (Å²) in [6.07, 6.45) is 4.69. The highest BCUT2D eigenvalue weighted by Gasteiger charge is 2.33. The second-order valence-electron chi connectivity index (χ2n) is 6.65. The van der Waals surface area contributed by atoms with Gasteiger partial charge in [0, 0.05) is 6.54 Å². The lowest BCUT2D eigenvalue weighted by Crippen LogP contribution is -2.51. The monoisotopic (exact) mass is 363 g/mol. The van der Waals surface area contributed by atoms with Gasteiger partial charge in [0.05, 0.1) is 6.61 Å². The van der Waals surface area contributed by atoms with Crippen molar-refractivity contribution in [2.24, 2.45) is 0 Å². The van der Waals surface area contributed by atoms with Crippen LogP contribution in [0.1, 0.15) is 71.1 Å². The Morgan fingerprint density at radius 3 is 1.76 bits per heavy atom. The Bertz CT molecular complexity index is 329. The molecule has 0 unspecified atom stereocenters. The highest BCUT2D eigenvalue weighted by atomic mass is 16.4. The number of amides is 1. The predicted octanol–water partition coefficient (Wildman–Crippen LogP) is 0.459. The van der Waals surface area contributed by atoms with Gasteiger partial charge in [-0.15, -0.1) is 0 Å². The molecule has 6 N–H and O–H groups in total. The first-order chi connectivity index (χ1) is 12.0. The Balaban J connectivity index is 3.66. The Morgan fingerprint density at radius 1 is 0.800 bits per heavy atom. The summed E-state index contributed by atoms with van der Waals surface area (Å²) in [6, 6.07) is 0. The van der Waals surface area contributed by atoms with E-state index >= 15 is 0 Å². The van der Waals surface area contributed by atoms with Gasteiger partial charge in [-0.3, -0.25) is 4.79 Å². The molecule has 0 saturated carbocycles. The first-order valence-corrected chi connectivity index (χ1v) is 9.56. The molecule has 0 aliphatic carbocycles. The molecule has 0 aliphatic heterocycles. The molecule has 4 atom stereocenters. The minimum absolute atomic E-state index is 0.387. The molecule has 25 heavy (non-hydrogen) atoms. The van der Waals surface area contributed by atoms with Crippen LogP contribution in [0.2, 0.25) is 0 Å². The summed E-state index contributed by atoms with van der Waals surface area (Å²) < 4.78 is 0. The van der Waals surface area contributed by atoms with Crippen LogP contribution >= 0.6 is 0 Å². The fourth-order valence-corrected chi connectivity index (χ4v) is 2.61. The minimum atomic E-state index is -1.85. The Labute approximate surface area is 151 Å². The van der Waals surface area contributed by atoms with E-state index in [1.165, 1.54) is 44.9 Å². The fraction of sp³-hybridized carbons (Fsp3) is 0.944. The van der Waals surface area contributed by atoms with Crippen molar-refractivity contribution in [2.45, 2.75) is 95.5 Å². The SMILES string of the molecule is CCCCCCCCCCCCNC(=O)[C@@H](O)[C@H](O)[C@@H](O)[C@@H](O)CO. The number of carbonyl (C=O) groups excluding carboxylic acids is 1. The molecule has 7 heteroatoms. The van der Waals surface area contributed by atoms with Crippen molar-refractivity contribution in [3.05, 3.63) is 0 Å². The zero-order chi connectivity index (χ0) is 19.1. The highest BCUT2D eigenvalue weighted by molar-refractivity contribution is 5.81. The fourth-order valence-electron chi connectivity index (χ4n) is 2.61. The maximum Gasteiger partial charge on any atom is 0.251 e. The van der Waals surface area contributed by atoms with Gasteiger partial charge >= 0.3 is 0 Å². The van der Waals surface area contributed by atoms with E-state index in [1.54, 1.807) is 0 Å². The van der Waals surface area contributed by atoms with E-state index in [9.17, 15) is 25.2 Å². The number of carbonyl (C=O) groups is 1. The largest absolute Gasteiger partial charge is 0.394 e. The standard InChI is InChI=1S/C18H37NO6/c1-2-3-4-5-6-7-8-9-10-11-12-19-18(25)17(24)16(23)15(22)14(21)13-20/h14-17,20-24H,2-13H2,1H3,(H,19,25)/t14-,15-,16+,17-/m0/s1. The number of unbranched alkanes of at least 4 members (excludes halogenated alkanes) is 9. The van der Waals surface area contributed by atoms with Gasteiger partial charge in [-0.05, 0) is 6.42 Å². The molecule has 1 amide bonds. The number of aliphatic hydroxyl groups is 5. The van der Waals surface area contributed by atoms with Crippen molar-refractivity contribution < 1.29 is 30.3 Å². The average Bonchev–Trinajstić information content (AvgIpc) is 2.63. The van der Waals surface area contributed by atoms with E-state index in [1.807, 2.05) is 0 Å². The van der Waals surface area contributed by atoms with Crippen LogP contribution in [0.25, 0.3) is 0 Å². The predicted molar refractivity (Wildman–Crippen MR) is 96.0 cm³/mol. The smallest absolute Gasteiger partial charge is 0.251 e. The van der Waals surface area contributed by atoms with Gasteiger partial charge in [0.25, 0.3) is 5.91 Å². The summed E-state index contributed by atoms with van der Waals surface area (Å²) in [7, 11) is 0. The molecule has 0 spiro atoms. The first-order valence-electron chi connectivity index (χ1n) is 9.56. The van der Waals surface area contributed by atoms with Gasteiger partial charge in [0.1, 0.15) is 18.3 Å². The minimum Gasteiger partial charge on any atom is -0.394 e.